The second-order valence-corrected chi connectivity index (χ2v) is 3.41. The minimum absolute atomic E-state index is 0.0466. The molecule has 1 heterocycles. The maximum atomic E-state index is 10.5. The van der Waals surface area contributed by atoms with Gasteiger partial charge in [0, 0.05) is 0 Å². The monoisotopic (exact) mass is 263 g/mol. The third-order valence-corrected chi connectivity index (χ3v) is 2.42. The molecule has 13 heavy (non-hydrogen) atoms. The topological polar surface area (TPSA) is 68.9 Å². The summed E-state index contributed by atoms with van der Waals surface area (Å²) in [6.07, 6.45) is 3.05. The van der Waals surface area contributed by atoms with Gasteiger partial charge in [-0.05, 0) is 6.26 Å². The Hall–Kier alpha value is -0.690. The first-order valence-electron chi connectivity index (χ1n) is 3.29. The highest BCUT2D eigenvalue weighted by Gasteiger charge is 2.15. The quantitative estimate of drug-likeness (QED) is 0.274. The zero-order valence-corrected chi connectivity index (χ0v) is 9.13. The van der Waals surface area contributed by atoms with E-state index in [1.54, 1.807) is 0 Å². The molecule has 0 radical (unpaired) electrons. The molecule has 0 aromatic carbocycles. The summed E-state index contributed by atoms with van der Waals surface area (Å²) < 4.78 is 0. The van der Waals surface area contributed by atoms with E-state index in [4.69, 9.17) is 0 Å². The van der Waals surface area contributed by atoms with Gasteiger partial charge in [-0.25, -0.2) is 9.97 Å². The Morgan fingerprint density at radius 1 is 1.77 bits per heavy atom. The number of thioether (sulfide) groups is 1. The third-order valence-electron chi connectivity index (χ3n) is 1.33. The Kier molecular flexibility index (Phi) is 3.61. The molecule has 0 atom stereocenters. The first kappa shape index (κ1) is 10.4. The van der Waals surface area contributed by atoms with Crippen molar-refractivity contribution in [1.82, 2.24) is 9.97 Å². The van der Waals surface area contributed by atoms with Gasteiger partial charge in [0.2, 0.25) is 0 Å². The summed E-state index contributed by atoms with van der Waals surface area (Å²) in [5.41, 5.74) is 0.360. The fraction of sp³-hybridized carbons (Fsp3) is 0.333. The van der Waals surface area contributed by atoms with E-state index in [2.05, 4.69) is 25.9 Å². The van der Waals surface area contributed by atoms with Crippen molar-refractivity contribution in [3.63, 3.8) is 0 Å². The number of hydrogen-bond acceptors (Lipinski definition) is 5. The number of alkyl halides is 1. The van der Waals surface area contributed by atoms with E-state index in [-0.39, 0.29) is 5.69 Å². The lowest BCUT2D eigenvalue weighted by Crippen LogP contribution is -1.99. The molecule has 1 aromatic heterocycles. The molecular weight excluding hydrogens is 258 g/mol. The largest absolute Gasteiger partial charge is 0.309 e. The van der Waals surface area contributed by atoms with Gasteiger partial charge < -0.3 is 0 Å². The molecule has 0 aliphatic rings. The van der Waals surface area contributed by atoms with Crippen molar-refractivity contribution < 1.29 is 4.92 Å². The lowest BCUT2D eigenvalue weighted by molar-refractivity contribution is -0.386. The normalized spacial score (nSPS) is 10.0. The van der Waals surface area contributed by atoms with E-state index in [9.17, 15) is 10.1 Å². The molecule has 0 fully saturated rings. The van der Waals surface area contributed by atoms with Crippen molar-refractivity contribution in [2.45, 2.75) is 10.5 Å². The number of hydrogen-bond donors (Lipinski definition) is 0. The minimum atomic E-state index is -0.485. The molecule has 0 saturated heterocycles. The molecule has 7 heteroatoms. The predicted octanol–water partition coefficient (Wildman–Crippen LogP) is 2.00. The van der Waals surface area contributed by atoms with Crippen molar-refractivity contribution in [3.05, 3.63) is 22.0 Å². The first-order chi connectivity index (χ1) is 6.19. The van der Waals surface area contributed by atoms with Crippen LogP contribution in [-0.2, 0) is 5.33 Å². The van der Waals surface area contributed by atoms with Crippen molar-refractivity contribution >= 4 is 33.4 Å². The highest BCUT2D eigenvalue weighted by Crippen LogP contribution is 2.20. The standard InChI is InChI=1S/C6H6BrN3O2S/c1-13-6-8-3-5(10(11)12)4(2-7)9-6/h3H,2H2,1H3. The second-order valence-electron chi connectivity index (χ2n) is 2.08. The van der Waals surface area contributed by atoms with E-state index in [1.165, 1.54) is 18.0 Å². The highest BCUT2D eigenvalue weighted by molar-refractivity contribution is 9.08. The van der Waals surface area contributed by atoms with Crippen LogP contribution in [-0.4, -0.2) is 21.1 Å². The second kappa shape index (κ2) is 4.52. The molecule has 0 N–H and O–H groups in total. The van der Waals surface area contributed by atoms with Gasteiger partial charge in [0.25, 0.3) is 0 Å². The molecular formula is C6H6BrN3O2S. The lowest BCUT2D eigenvalue weighted by Gasteiger charge is -1.98. The maximum Gasteiger partial charge on any atom is 0.309 e. The van der Waals surface area contributed by atoms with E-state index < -0.39 is 4.92 Å². The zero-order valence-electron chi connectivity index (χ0n) is 6.73. The molecule has 0 aliphatic heterocycles. The Bertz CT molecular complexity index is 334. The Morgan fingerprint density at radius 3 is 2.92 bits per heavy atom. The van der Waals surface area contributed by atoms with Gasteiger partial charge in [-0.2, -0.15) is 0 Å². The zero-order chi connectivity index (χ0) is 9.84. The van der Waals surface area contributed by atoms with Gasteiger partial charge in [0.15, 0.2) is 5.16 Å². The van der Waals surface area contributed by atoms with Gasteiger partial charge in [0.05, 0.1) is 10.3 Å². The average Bonchev–Trinajstić information content (AvgIpc) is 2.16. The summed E-state index contributed by atoms with van der Waals surface area (Å²) in [7, 11) is 0. The Balaban J connectivity index is 3.15. The Morgan fingerprint density at radius 2 is 2.46 bits per heavy atom. The Labute approximate surface area is 87.2 Å². The summed E-state index contributed by atoms with van der Waals surface area (Å²) in [5, 5.41) is 11.4. The van der Waals surface area contributed by atoms with Crippen molar-refractivity contribution in [3.8, 4) is 0 Å². The van der Waals surface area contributed by atoms with E-state index in [0.29, 0.717) is 16.2 Å². The summed E-state index contributed by atoms with van der Waals surface area (Å²) in [6, 6.07) is 0. The summed E-state index contributed by atoms with van der Waals surface area (Å²) in [6.45, 7) is 0. The van der Waals surface area contributed by atoms with Crippen LogP contribution in [0.2, 0.25) is 0 Å². The highest BCUT2D eigenvalue weighted by atomic mass is 79.9. The first-order valence-corrected chi connectivity index (χ1v) is 5.64. The van der Waals surface area contributed by atoms with Crippen LogP contribution in [0.25, 0.3) is 0 Å². The van der Waals surface area contributed by atoms with Crippen LogP contribution < -0.4 is 0 Å². The van der Waals surface area contributed by atoms with Crippen LogP contribution in [0.4, 0.5) is 5.69 Å². The molecule has 70 valence electrons. The van der Waals surface area contributed by atoms with E-state index >= 15 is 0 Å². The third kappa shape index (κ3) is 2.38. The van der Waals surface area contributed by atoms with Crippen LogP contribution in [0, 0.1) is 10.1 Å². The van der Waals surface area contributed by atoms with Gasteiger partial charge >= 0.3 is 5.69 Å². The van der Waals surface area contributed by atoms with Crippen LogP contribution in [0.1, 0.15) is 5.69 Å². The van der Waals surface area contributed by atoms with Crippen LogP contribution >= 0.6 is 27.7 Å². The average molecular weight is 264 g/mol. The molecule has 1 aromatic rings. The fourth-order valence-corrected chi connectivity index (χ4v) is 1.51. The van der Waals surface area contributed by atoms with E-state index in [1.807, 2.05) is 6.26 Å². The van der Waals surface area contributed by atoms with Crippen molar-refractivity contribution in [2.75, 3.05) is 6.26 Å². The molecule has 0 spiro atoms. The summed E-state index contributed by atoms with van der Waals surface area (Å²) in [4.78, 5) is 17.8. The lowest BCUT2D eigenvalue weighted by atomic mass is 10.4. The van der Waals surface area contributed by atoms with Crippen LogP contribution in [0.5, 0.6) is 0 Å². The molecule has 0 bridgehead atoms. The molecule has 0 saturated carbocycles. The summed E-state index contributed by atoms with van der Waals surface area (Å²) >= 11 is 4.49. The maximum absolute atomic E-state index is 10.5. The molecule has 1 rings (SSSR count). The molecule has 0 amide bonds. The van der Waals surface area contributed by atoms with Gasteiger partial charge in [0.1, 0.15) is 11.9 Å². The molecule has 0 unspecified atom stereocenters. The number of halogens is 1. The molecule has 0 aliphatic carbocycles. The number of nitrogens with zero attached hydrogens (tertiary/aromatic N) is 3. The summed E-state index contributed by atoms with van der Waals surface area (Å²) in [5.74, 6) is 0. The van der Waals surface area contributed by atoms with Gasteiger partial charge in [-0.1, -0.05) is 27.7 Å². The fourth-order valence-electron chi connectivity index (χ4n) is 0.742. The number of aromatic nitrogens is 2. The van der Waals surface area contributed by atoms with Crippen LogP contribution in [0.3, 0.4) is 0 Å². The smallest absolute Gasteiger partial charge is 0.258 e. The van der Waals surface area contributed by atoms with Gasteiger partial charge in [-0.3, -0.25) is 10.1 Å². The van der Waals surface area contributed by atoms with Crippen molar-refractivity contribution in [1.29, 1.82) is 0 Å². The van der Waals surface area contributed by atoms with Crippen molar-refractivity contribution in [2.24, 2.45) is 0 Å². The van der Waals surface area contributed by atoms with Gasteiger partial charge in [-0.15, -0.1) is 0 Å². The van der Waals surface area contributed by atoms with E-state index in [0.717, 1.165) is 0 Å². The predicted molar refractivity (Wildman–Crippen MR) is 53.1 cm³/mol. The number of rotatable bonds is 3. The van der Waals surface area contributed by atoms with Crippen LogP contribution in [0.15, 0.2) is 11.4 Å². The SMILES string of the molecule is CSc1ncc([N+](=O)[O-])c(CBr)n1. The molecule has 5 nitrogen and oxygen atoms in total. The minimum Gasteiger partial charge on any atom is -0.258 e. The number of nitro groups is 1.